The van der Waals surface area contributed by atoms with Gasteiger partial charge in [0, 0.05) is 18.3 Å². The molecule has 1 fully saturated rings. The number of rotatable bonds is 3. The summed E-state index contributed by atoms with van der Waals surface area (Å²) in [6.45, 7) is 6.95. The summed E-state index contributed by atoms with van der Waals surface area (Å²) in [6.07, 6.45) is 4.07. The number of halogens is 1. The van der Waals surface area contributed by atoms with E-state index in [9.17, 15) is 0 Å². The van der Waals surface area contributed by atoms with E-state index < -0.39 is 0 Å². The molecular weight excluding hydrogens is 244 g/mol. The minimum atomic E-state index is 0. The van der Waals surface area contributed by atoms with Gasteiger partial charge in [-0.3, -0.25) is 4.90 Å². The third-order valence-corrected chi connectivity index (χ3v) is 3.77. The van der Waals surface area contributed by atoms with Gasteiger partial charge in [0.25, 0.3) is 0 Å². The van der Waals surface area contributed by atoms with Gasteiger partial charge in [-0.2, -0.15) is 0 Å². The fourth-order valence-corrected chi connectivity index (χ4v) is 2.89. The first-order valence-corrected chi connectivity index (χ1v) is 6.75. The van der Waals surface area contributed by atoms with Crippen molar-refractivity contribution in [3.8, 4) is 0 Å². The first-order chi connectivity index (χ1) is 8.16. The summed E-state index contributed by atoms with van der Waals surface area (Å²) in [6, 6.07) is 9.04. The summed E-state index contributed by atoms with van der Waals surface area (Å²) in [7, 11) is 0. The van der Waals surface area contributed by atoms with Crippen molar-refractivity contribution in [1.29, 1.82) is 0 Å². The number of nitrogens with zero attached hydrogens (tertiary/aromatic N) is 1. The van der Waals surface area contributed by atoms with Crippen LogP contribution in [0, 0.1) is 5.92 Å². The van der Waals surface area contributed by atoms with E-state index in [0.29, 0.717) is 0 Å². The zero-order valence-electron chi connectivity index (χ0n) is 11.4. The van der Waals surface area contributed by atoms with Crippen molar-refractivity contribution >= 4 is 18.1 Å². The number of hydrogen-bond donors (Lipinski definition) is 1. The number of nitrogen functional groups attached to an aromatic ring is 1. The van der Waals surface area contributed by atoms with Gasteiger partial charge in [0.1, 0.15) is 0 Å². The molecular formula is C15H25ClN2. The lowest BCUT2D eigenvalue weighted by molar-refractivity contribution is 0.104. The molecule has 1 atom stereocenters. The third kappa shape index (κ3) is 3.89. The van der Waals surface area contributed by atoms with Crippen LogP contribution < -0.4 is 5.73 Å². The molecule has 1 saturated heterocycles. The van der Waals surface area contributed by atoms with Crippen LogP contribution in [-0.2, 0) is 6.54 Å². The van der Waals surface area contributed by atoms with Crippen LogP contribution in [0.2, 0.25) is 0 Å². The summed E-state index contributed by atoms with van der Waals surface area (Å²) >= 11 is 0. The van der Waals surface area contributed by atoms with E-state index in [-0.39, 0.29) is 12.4 Å². The maximum Gasteiger partial charge on any atom is 0.0317 e. The van der Waals surface area contributed by atoms with E-state index in [1.807, 2.05) is 6.07 Å². The standard InChI is InChI=1S/C15H24N2.ClH/c1-12(2)15-8-3-4-9-17(15)11-13-6-5-7-14(16)10-13;/h5-7,10,12,15H,3-4,8-9,11,16H2,1-2H3;1H. The first-order valence-electron chi connectivity index (χ1n) is 6.75. The quantitative estimate of drug-likeness (QED) is 0.847. The number of nitrogens with two attached hydrogens (primary N) is 1. The molecule has 102 valence electrons. The first kappa shape index (κ1) is 15.3. The van der Waals surface area contributed by atoms with Crippen molar-refractivity contribution in [2.75, 3.05) is 12.3 Å². The van der Waals surface area contributed by atoms with Gasteiger partial charge >= 0.3 is 0 Å². The molecule has 0 aliphatic carbocycles. The minimum Gasteiger partial charge on any atom is -0.399 e. The molecule has 0 radical (unpaired) electrons. The zero-order chi connectivity index (χ0) is 12.3. The van der Waals surface area contributed by atoms with E-state index in [1.165, 1.54) is 31.4 Å². The Morgan fingerprint density at radius 2 is 2.11 bits per heavy atom. The molecule has 0 spiro atoms. The van der Waals surface area contributed by atoms with Crippen LogP contribution in [0.4, 0.5) is 5.69 Å². The predicted octanol–water partition coefficient (Wildman–Crippen LogP) is 3.70. The number of hydrogen-bond acceptors (Lipinski definition) is 2. The summed E-state index contributed by atoms with van der Waals surface area (Å²) in [5.74, 6) is 0.747. The minimum absolute atomic E-state index is 0. The number of anilines is 1. The summed E-state index contributed by atoms with van der Waals surface area (Å²) < 4.78 is 0. The molecule has 1 unspecified atom stereocenters. The lowest BCUT2D eigenvalue weighted by Crippen LogP contribution is -2.42. The van der Waals surface area contributed by atoms with Crippen LogP contribution >= 0.6 is 12.4 Å². The van der Waals surface area contributed by atoms with Crippen molar-refractivity contribution in [3.63, 3.8) is 0 Å². The van der Waals surface area contributed by atoms with Gasteiger partial charge in [-0.05, 0) is 43.0 Å². The molecule has 1 aromatic rings. The highest BCUT2D eigenvalue weighted by Crippen LogP contribution is 2.25. The second kappa shape index (κ2) is 7.01. The van der Waals surface area contributed by atoms with Gasteiger partial charge in [0.15, 0.2) is 0 Å². The Kier molecular flexibility index (Phi) is 5.97. The second-order valence-corrected chi connectivity index (χ2v) is 5.52. The topological polar surface area (TPSA) is 29.3 Å². The molecule has 0 saturated carbocycles. The Hall–Kier alpha value is -0.730. The normalized spacial score (nSPS) is 20.7. The fraction of sp³-hybridized carbons (Fsp3) is 0.600. The molecule has 0 amide bonds. The fourth-order valence-electron chi connectivity index (χ4n) is 2.89. The highest BCUT2D eigenvalue weighted by molar-refractivity contribution is 5.85. The predicted molar refractivity (Wildman–Crippen MR) is 81.0 cm³/mol. The van der Waals surface area contributed by atoms with Crippen LogP contribution in [0.15, 0.2) is 24.3 Å². The maximum atomic E-state index is 5.84. The Bertz CT molecular complexity index is 365. The van der Waals surface area contributed by atoms with Crippen LogP contribution in [0.1, 0.15) is 38.7 Å². The van der Waals surface area contributed by atoms with E-state index >= 15 is 0 Å². The summed E-state index contributed by atoms with van der Waals surface area (Å²) in [5, 5.41) is 0. The average molecular weight is 269 g/mol. The van der Waals surface area contributed by atoms with Crippen molar-refractivity contribution in [3.05, 3.63) is 29.8 Å². The lowest BCUT2D eigenvalue weighted by Gasteiger charge is -2.38. The molecule has 2 nitrogen and oxygen atoms in total. The second-order valence-electron chi connectivity index (χ2n) is 5.52. The number of benzene rings is 1. The van der Waals surface area contributed by atoms with Gasteiger partial charge in [-0.1, -0.05) is 32.4 Å². The highest BCUT2D eigenvalue weighted by Gasteiger charge is 2.24. The molecule has 1 aromatic carbocycles. The molecule has 1 aliphatic rings. The maximum absolute atomic E-state index is 5.84. The highest BCUT2D eigenvalue weighted by atomic mass is 35.5. The Morgan fingerprint density at radius 1 is 1.33 bits per heavy atom. The van der Waals surface area contributed by atoms with E-state index in [4.69, 9.17) is 5.73 Å². The molecule has 0 bridgehead atoms. The van der Waals surface area contributed by atoms with Crippen LogP contribution in [0.3, 0.4) is 0 Å². The van der Waals surface area contributed by atoms with Crippen LogP contribution in [0.25, 0.3) is 0 Å². The van der Waals surface area contributed by atoms with Gasteiger partial charge in [0.05, 0.1) is 0 Å². The van der Waals surface area contributed by atoms with Crippen molar-refractivity contribution < 1.29 is 0 Å². The van der Waals surface area contributed by atoms with Crippen molar-refractivity contribution in [1.82, 2.24) is 4.90 Å². The van der Waals surface area contributed by atoms with Crippen molar-refractivity contribution in [2.45, 2.75) is 45.7 Å². The molecule has 1 aliphatic heterocycles. The molecule has 3 heteroatoms. The van der Waals surface area contributed by atoms with E-state index in [1.54, 1.807) is 0 Å². The number of piperidine rings is 1. The van der Waals surface area contributed by atoms with Crippen molar-refractivity contribution in [2.24, 2.45) is 5.92 Å². The largest absolute Gasteiger partial charge is 0.399 e. The molecule has 1 heterocycles. The summed E-state index contributed by atoms with van der Waals surface area (Å²) in [4.78, 5) is 2.63. The van der Waals surface area contributed by atoms with Gasteiger partial charge in [0.2, 0.25) is 0 Å². The zero-order valence-corrected chi connectivity index (χ0v) is 12.2. The summed E-state index contributed by atoms with van der Waals surface area (Å²) in [5.41, 5.74) is 8.06. The third-order valence-electron chi connectivity index (χ3n) is 3.77. The Labute approximate surface area is 117 Å². The number of likely N-dealkylation sites (tertiary alicyclic amines) is 1. The molecule has 2 rings (SSSR count). The Balaban J connectivity index is 0.00000162. The van der Waals surface area contributed by atoms with Crippen LogP contribution in [-0.4, -0.2) is 17.5 Å². The lowest BCUT2D eigenvalue weighted by atomic mass is 9.92. The Morgan fingerprint density at radius 3 is 2.78 bits per heavy atom. The van der Waals surface area contributed by atoms with E-state index in [0.717, 1.165) is 24.2 Å². The van der Waals surface area contributed by atoms with E-state index in [2.05, 4.69) is 36.9 Å². The van der Waals surface area contributed by atoms with Gasteiger partial charge in [-0.15, -0.1) is 12.4 Å². The average Bonchev–Trinajstić information content (AvgIpc) is 2.29. The molecule has 18 heavy (non-hydrogen) atoms. The van der Waals surface area contributed by atoms with Gasteiger partial charge in [-0.25, -0.2) is 0 Å². The molecule has 0 aromatic heterocycles. The molecule has 2 N–H and O–H groups in total. The monoisotopic (exact) mass is 268 g/mol. The van der Waals surface area contributed by atoms with Gasteiger partial charge < -0.3 is 5.73 Å². The van der Waals surface area contributed by atoms with Crippen LogP contribution in [0.5, 0.6) is 0 Å². The smallest absolute Gasteiger partial charge is 0.0317 e. The SMILES string of the molecule is CC(C)C1CCCCN1Cc1cccc(N)c1.Cl.